The highest BCUT2D eigenvalue weighted by Crippen LogP contribution is 2.31. The van der Waals surface area contributed by atoms with Crippen LogP contribution in [0, 0.1) is 23.0 Å². The van der Waals surface area contributed by atoms with Gasteiger partial charge in [-0.3, -0.25) is 0 Å². The van der Waals surface area contributed by atoms with E-state index in [2.05, 4.69) is 20.9 Å². The van der Waals surface area contributed by atoms with Crippen molar-refractivity contribution in [2.45, 2.75) is 19.0 Å². The van der Waals surface area contributed by atoms with E-state index in [0.717, 1.165) is 6.07 Å². The second kappa shape index (κ2) is 11.0. The number of carbonyl (C=O) groups is 1. The molecule has 0 fully saturated rings. The first-order valence-electron chi connectivity index (χ1n) is 10.4. The van der Waals surface area contributed by atoms with Crippen molar-refractivity contribution in [1.29, 1.82) is 5.26 Å². The molecule has 1 aromatic heterocycles. The van der Waals surface area contributed by atoms with Gasteiger partial charge in [-0.15, -0.1) is 0 Å². The molecule has 0 bridgehead atoms. The molecule has 1 amide bonds. The monoisotopic (exact) mass is 483 g/mol. The molecule has 0 unspecified atom stereocenters. The second-order valence-electron chi connectivity index (χ2n) is 7.46. The van der Waals surface area contributed by atoms with Crippen molar-refractivity contribution in [2.24, 2.45) is 0 Å². The zero-order valence-corrected chi connectivity index (χ0v) is 19.1. The van der Waals surface area contributed by atoms with Crippen LogP contribution in [0.15, 0.2) is 48.5 Å². The Hall–Kier alpha value is -4.59. The van der Waals surface area contributed by atoms with Crippen molar-refractivity contribution in [3.05, 3.63) is 71.3 Å². The Morgan fingerprint density at radius 1 is 1.06 bits per heavy atom. The summed E-state index contributed by atoms with van der Waals surface area (Å²) in [4.78, 5) is 15.5. The summed E-state index contributed by atoms with van der Waals surface area (Å²) in [5, 5.41) is 26.8. The third-order valence-electron chi connectivity index (χ3n) is 5.08. The Balaban J connectivity index is 2.00. The van der Waals surface area contributed by atoms with Gasteiger partial charge in [0.15, 0.2) is 17.5 Å². The molecular weight excluding hydrogens is 460 g/mol. The number of hydrogen-bond donors (Lipinski definition) is 4. The highest BCUT2D eigenvalue weighted by Gasteiger charge is 2.24. The van der Waals surface area contributed by atoms with Gasteiger partial charge >= 0.3 is 6.09 Å². The fourth-order valence-electron chi connectivity index (χ4n) is 3.38. The van der Waals surface area contributed by atoms with Gasteiger partial charge in [0, 0.05) is 23.9 Å². The molecule has 4 N–H and O–H groups in total. The molecule has 2 aromatic carbocycles. The van der Waals surface area contributed by atoms with Crippen LogP contribution in [-0.4, -0.2) is 36.4 Å². The van der Waals surface area contributed by atoms with Crippen molar-refractivity contribution < 1.29 is 28.2 Å². The maximum absolute atomic E-state index is 14.9. The number of halogens is 2. The van der Waals surface area contributed by atoms with Crippen molar-refractivity contribution in [3.8, 4) is 17.6 Å². The summed E-state index contributed by atoms with van der Waals surface area (Å²) < 4.78 is 38.8. The van der Waals surface area contributed by atoms with Gasteiger partial charge in [-0.1, -0.05) is 12.1 Å². The molecule has 0 saturated carbocycles. The average Bonchev–Trinajstić information content (AvgIpc) is 2.83. The smallest absolute Gasteiger partial charge is 0.404 e. The molecule has 0 aliphatic heterocycles. The first kappa shape index (κ1) is 25.0. The van der Waals surface area contributed by atoms with Gasteiger partial charge in [0.05, 0.1) is 31.9 Å². The molecule has 182 valence electrons. The van der Waals surface area contributed by atoms with Crippen molar-refractivity contribution in [3.63, 3.8) is 0 Å². The first-order valence-corrected chi connectivity index (χ1v) is 10.4. The predicted molar refractivity (Wildman–Crippen MR) is 125 cm³/mol. The molecule has 1 heterocycles. The number of methoxy groups -OCH3 is 2. The summed E-state index contributed by atoms with van der Waals surface area (Å²) in [5.41, 5.74) is 0.897. The fraction of sp³-hybridized carbons (Fsp3) is 0.208. The zero-order valence-electron chi connectivity index (χ0n) is 19.1. The Bertz CT molecular complexity index is 1230. The summed E-state index contributed by atoms with van der Waals surface area (Å²) in [6.07, 6.45) is -1.28. The number of nitrogens with zero attached hydrogens (tertiary/aromatic N) is 2. The highest BCUT2D eigenvalue weighted by molar-refractivity contribution is 5.68. The van der Waals surface area contributed by atoms with E-state index in [-0.39, 0.29) is 17.2 Å². The van der Waals surface area contributed by atoms with Crippen molar-refractivity contribution >= 4 is 23.4 Å². The maximum atomic E-state index is 14.9. The molecule has 0 saturated heterocycles. The number of pyridine rings is 1. The van der Waals surface area contributed by atoms with Gasteiger partial charge in [-0.05, 0) is 30.7 Å². The van der Waals surface area contributed by atoms with E-state index in [9.17, 15) is 18.8 Å². The minimum absolute atomic E-state index is 0.0448. The van der Waals surface area contributed by atoms with E-state index in [1.807, 2.05) is 6.07 Å². The largest absolute Gasteiger partial charge is 0.497 e. The zero-order chi connectivity index (χ0) is 25.5. The van der Waals surface area contributed by atoms with Crippen molar-refractivity contribution in [2.75, 3.05) is 24.9 Å². The Kier molecular flexibility index (Phi) is 7.88. The van der Waals surface area contributed by atoms with E-state index in [4.69, 9.17) is 14.6 Å². The van der Waals surface area contributed by atoms with Crippen LogP contribution in [0.25, 0.3) is 0 Å². The molecule has 0 aliphatic carbocycles. The molecule has 0 aliphatic rings. The molecule has 11 heteroatoms. The SMILES string of the molecule is COc1cc(Nc2nc(N[C@H](c3ccc(F)cc3)[C@H](C)NC(=O)O)c(F)cc2C#N)cc(OC)c1. The van der Waals surface area contributed by atoms with E-state index in [1.165, 1.54) is 38.5 Å². The summed E-state index contributed by atoms with van der Waals surface area (Å²) >= 11 is 0. The third kappa shape index (κ3) is 6.26. The lowest BCUT2D eigenvalue weighted by molar-refractivity contribution is 0.189. The molecule has 2 atom stereocenters. The van der Waals surface area contributed by atoms with Gasteiger partial charge in [-0.2, -0.15) is 5.26 Å². The summed E-state index contributed by atoms with van der Waals surface area (Å²) in [6.45, 7) is 1.57. The summed E-state index contributed by atoms with van der Waals surface area (Å²) in [5.74, 6) is -0.538. The lowest BCUT2D eigenvalue weighted by Crippen LogP contribution is -2.39. The highest BCUT2D eigenvalue weighted by atomic mass is 19.1. The fourth-order valence-corrected chi connectivity index (χ4v) is 3.38. The predicted octanol–water partition coefficient (Wildman–Crippen LogP) is 4.80. The number of hydrogen-bond acceptors (Lipinski definition) is 7. The van der Waals surface area contributed by atoms with Crippen LogP contribution < -0.4 is 25.4 Å². The van der Waals surface area contributed by atoms with Gasteiger partial charge in [0.2, 0.25) is 0 Å². The Morgan fingerprint density at radius 2 is 1.69 bits per heavy atom. The molecule has 0 radical (unpaired) electrons. The van der Waals surface area contributed by atoms with Crippen LogP contribution in [0.5, 0.6) is 11.5 Å². The van der Waals surface area contributed by atoms with Crippen molar-refractivity contribution in [1.82, 2.24) is 10.3 Å². The number of anilines is 3. The number of benzene rings is 2. The van der Waals surface area contributed by atoms with Gasteiger partial charge in [-0.25, -0.2) is 18.6 Å². The topological polar surface area (TPSA) is 129 Å². The van der Waals surface area contributed by atoms with Gasteiger partial charge in [0.1, 0.15) is 23.4 Å². The number of nitriles is 1. The van der Waals surface area contributed by atoms with Crippen LogP contribution in [-0.2, 0) is 0 Å². The van der Waals surface area contributed by atoms with E-state index in [0.29, 0.717) is 22.7 Å². The number of ether oxygens (including phenoxy) is 2. The van der Waals surface area contributed by atoms with Crippen LogP contribution in [0.1, 0.15) is 24.1 Å². The van der Waals surface area contributed by atoms with Crippen LogP contribution in [0.3, 0.4) is 0 Å². The Labute approximate surface area is 200 Å². The van der Waals surface area contributed by atoms with E-state index >= 15 is 0 Å². The van der Waals surface area contributed by atoms with E-state index < -0.39 is 29.8 Å². The second-order valence-corrected chi connectivity index (χ2v) is 7.46. The first-order chi connectivity index (χ1) is 16.7. The normalized spacial score (nSPS) is 12.1. The number of aromatic nitrogens is 1. The number of amides is 1. The van der Waals surface area contributed by atoms with Crippen LogP contribution in [0.2, 0.25) is 0 Å². The number of nitrogens with one attached hydrogen (secondary N) is 3. The molecule has 35 heavy (non-hydrogen) atoms. The molecule has 3 rings (SSSR count). The van der Waals surface area contributed by atoms with Gasteiger partial charge in [0.25, 0.3) is 0 Å². The quantitative estimate of drug-likeness (QED) is 0.342. The third-order valence-corrected chi connectivity index (χ3v) is 5.08. The van der Waals surface area contributed by atoms with E-state index in [1.54, 1.807) is 25.1 Å². The number of carboxylic acid groups (broad SMARTS) is 1. The molecule has 0 spiro atoms. The van der Waals surface area contributed by atoms with Crippen LogP contribution in [0.4, 0.5) is 30.9 Å². The van der Waals surface area contributed by atoms with Crippen LogP contribution >= 0.6 is 0 Å². The standard InChI is InChI=1S/C24H23F2N5O4/c1-13(28-24(32)33)21(14-4-6-16(25)7-5-14)30-23-20(26)8-15(12-27)22(31-23)29-17-9-18(34-2)11-19(10-17)35-3/h4-11,13,21,28H,1-3H3,(H,32,33)(H2,29,30,31)/t13-,21-/m0/s1. The minimum atomic E-state index is -1.28. The number of rotatable bonds is 9. The molecule has 3 aromatic rings. The molecule has 9 nitrogen and oxygen atoms in total. The Morgan fingerprint density at radius 3 is 2.23 bits per heavy atom. The maximum Gasteiger partial charge on any atom is 0.404 e. The lowest BCUT2D eigenvalue weighted by Gasteiger charge is -2.26. The lowest BCUT2D eigenvalue weighted by atomic mass is 10.00. The minimum Gasteiger partial charge on any atom is -0.497 e. The summed E-state index contributed by atoms with van der Waals surface area (Å²) in [6, 6.07) is 11.6. The van der Waals surface area contributed by atoms with Gasteiger partial charge < -0.3 is 30.5 Å². The average molecular weight is 483 g/mol. The summed E-state index contributed by atoms with van der Waals surface area (Å²) in [7, 11) is 2.97. The molecular formula is C24H23F2N5O4.